The predicted octanol–water partition coefficient (Wildman–Crippen LogP) is 3.72. The van der Waals surface area contributed by atoms with E-state index in [2.05, 4.69) is 22.1 Å². The van der Waals surface area contributed by atoms with Crippen LogP contribution >= 0.6 is 0 Å². The molecule has 0 aliphatic carbocycles. The van der Waals surface area contributed by atoms with Gasteiger partial charge in [-0.25, -0.2) is 4.98 Å². The number of piperidine rings is 1. The number of likely N-dealkylation sites (tertiary alicyclic amines) is 1. The van der Waals surface area contributed by atoms with Crippen molar-refractivity contribution in [3.8, 4) is 0 Å². The number of imidazole rings is 1. The Bertz CT molecular complexity index is 814. The Morgan fingerprint density at radius 2 is 2.07 bits per heavy atom. The number of hydrogen-bond donors (Lipinski definition) is 1. The fourth-order valence-electron chi connectivity index (χ4n) is 4.15. The van der Waals surface area contributed by atoms with Crippen molar-refractivity contribution >= 4 is 17.5 Å². The topological polar surface area (TPSA) is 66.7 Å². The van der Waals surface area contributed by atoms with Crippen molar-refractivity contribution in [1.29, 1.82) is 0 Å². The fraction of sp³-hybridized carbons (Fsp3) is 0.591. The summed E-state index contributed by atoms with van der Waals surface area (Å²) in [7, 11) is 0. The lowest BCUT2D eigenvalue weighted by Gasteiger charge is -2.35. The molecule has 152 valence electrons. The van der Waals surface area contributed by atoms with Gasteiger partial charge in [-0.3, -0.25) is 14.0 Å². The van der Waals surface area contributed by atoms with Crippen LogP contribution in [0, 0.1) is 6.92 Å². The van der Waals surface area contributed by atoms with Crippen molar-refractivity contribution in [3.05, 3.63) is 35.8 Å². The molecule has 0 aromatic carbocycles. The van der Waals surface area contributed by atoms with Crippen LogP contribution in [0.5, 0.6) is 0 Å². The number of rotatable bonds is 8. The van der Waals surface area contributed by atoms with E-state index in [1.165, 1.54) is 6.42 Å². The molecule has 3 heterocycles. The molecule has 2 amide bonds. The summed E-state index contributed by atoms with van der Waals surface area (Å²) in [5.41, 5.74) is 2.12. The Balaban J connectivity index is 1.38. The highest BCUT2D eigenvalue weighted by Crippen LogP contribution is 2.21. The maximum absolute atomic E-state index is 12.5. The summed E-state index contributed by atoms with van der Waals surface area (Å²) in [6.45, 7) is 5.57. The highest BCUT2D eigenvalue weighted by atomic mass is 16.2. The number of aryl methyl sites for hydroxylation is 1. The first-order valence-corrected chi connectivity index (χ1v) is 10.6. The van der Waals surface area contributed by atoms with Crippen molar-refractivity contribution in [1.82, 2.24) is 19.6 Å². The van der Waals surface area contributed by atoms with Gasteiger partial charge in [-0.15, -0.1) is 0 Å². The van der Waals surface area contributed by atoms with E-state index in [1.807, 2.05) is 35.7 Å². The number of nitrogens with zero attached hydrogens (tertiary/aromatic N) is 3. The monoisotopic (exact) mass is 384 g/mol. The lowest BCUT2D eigenvalue weighted by Crippen LogP contribution is -2.43. The summed E-state index contributed by atoms with van der Waals surface area (Å²) >= 11 is 0. The van der Waals surface area contributed by atoms with Crippen molar-refractivity contribution in [3.63, 3.8) is 0 Å². The van der Waals surface area contributed by atoms with Crippen LogP contribution in [0.15, 0.2) is 24.4 Å². The maximum atomic E-state index is 12.5. The zero-order chi connectivity index (χ0) is 19.9. The van der Waals surface area contributed by atoms with Gasteiger partial charge in [0.25, 0.3) is 5.91 Å². The second-order valence-electron chi connectivity index (χ2n) is 7.69. The first-order valence-electron chi connectivity index (χ1n) is 10.6. The number of carbonyl (C=O) groups excluding carboxylic acids is 2. The lowest BCUT2D eigenvalue weighted by atomic mass is 9.99. The van der Waals surface area contributed by atoms with Crippen LogP contribution < -0.4 is 5.32 Å². The van der Waals surface area contributed by atoms with Crippen LogP contribution in [-0.2, 0) is 4.79 Å². The third kappa shape index (κ3) is 4.72. The molecular formula is C22H32N4O2. The molecule has 28 heavy (non-hydrogen) atoms. The van der Waals surface area contributed by atoms with Crippen LogP contribution in [0.25, 0.3) is 5.65 Å². The minimum absolute atomic E-state index is 0.0913. The van der Waals surface area contributed by atoms with E-state index in [9.17, 15) is 9.59 Å². The summed E-state index contributed by atoms with van der Waals surface area (Å²) in [6.07, 6.45) is 9.78. The first-order chi connectivity index (χ1) is 13.6. The molecule has 6 heteroatoms. The fourth-order valence-corrected chi connectivity index (χ4v) is 4.15. The van der Waals surface area contributed by atoms with Crippen molar-refractivity contribution < 1.29 is 9.59 Å². The van der Waals surface area contributed by atoms with Crippen LogP contribution in [-0.4, -0.2) is 45.2 Å². The summed E-state index contributed by atoms with van der Waals surface area (Å²) < 4.78 is 1.83. The molecule has 1 fully saturated rings. The van der Waals surface area contributed by atoms with Gasteiger partial charge in [-0.2, -0.15) is 0 Å². The van der Waals surface area contributed by atoms with Crippen molar-refractivity contribution in [2.75, 3.05) is 13.1 Å². The molecule has 6 nitrogen and oxygen atoms in total. The largest absolute Gasteiger partial charge is 0.351 e. The highest BCUT2D eigenvalue weighted by Gasteiger charge is 2.24. The Morgan fingerprint density at radius 1 is 1.21 bits per heavy atom. The van der Waals surface area contributed by atoms with Gasteiger partial charge in [-0.05, 0) is 57.6 Å². The number of unbranched alkanes of at least 4 members (excludes halogenated alkanes) is 2. The Labute approximate surface area is 167 Å². The quantitative estimate of drug-likeness (QED) is 0.705. The zero-order valence-corrected chi connectivity index (χ0v) is 17.1. The van der Waals surface area contributed by atoms with E-state index >= 15 is 0 Å². The molecule has 2 aromatic rings. The molecule has 0 spiro atoms. The third-order valence-electron chi connectivity index (χ3n) is 5.69. The van der Waals surface area contributed by atoms with Crippen LogP contribution in [0.1, 0.15) is 74.5 Å². The van der Waals surface area contributed by atoms with E-state index in [0.717, 1.165) is 56.4 Å². The van der Waals surface area contributed by atoms with Crippen LogP contribution in [0.4, 0.5) is 0 Å². The van der Waals surface area contributed by atoms with Gasteiger partial charge in [0, 0.05) is 31.7 Å². The van der Waals surface area contributed by atoms with Gasteiger partial charge in [-0.1, -0.05) is 19.4 Å². The molecule has 0 bridgehead atoms. The number of pyridine rings is 1. The third-order valence-corrected chi connectivity index (χ3v) is 5.69. The lowest BCUT2D eigenvalue weighted by molar-refractivity contribution is -0.135. The number of nitrogens with one attached hydrogen (secondary N) is 1. The molecule has 3 rings (SSSR count). The molecule has 0 saturated carbocycles. The van der Waals surface area contributed by atoms with Gasteiger partial charge >= 0.3 is 0 Å². The van der Waals surface area contributed by atoms with Crippen LogP contribution in [0.2, 0.25) is 0 Å². The van der Waals surface area contributed by atoms with E-state index in [1.54, 1.807) is 0 Å². The zero-order valence-electron chi connectivity index (χ0n) is 17.1. The molecule has 1 unspecified atom stereocenters. The second-order valence-corrected chi connectivity index (χ2v) is 7.69. The van der Waals surface area contributed by atoms with Crippen LogP contribution in [0.3, 0.4) is 0 Å². The van der Waals surface area contributed by atoms with E-state index in [0.29, 0.717) is 30.6 Å². The molecule has 0 radical (unpaired) electrons. The molecule has 1 N–H and O–H groups in total. The standard InChI is InChI=1S/C22H32N4O2/c1-3-18-11-6-9-15-25(18)20(27)13-5-4-8-14-23-22(28)21-17(2)24-19-12-7-10-16-26(19)21/h7,10,12,16,18H,3-6,8-9,11,13-15H2,1-2H3,(H,23,28). The Morgan fingerprint density at radius 3 is 2.89 bits per heavy atom. The molecule has 2 aromatic heterocycles. The number of hydrogen-bond acceptors (Lipinski definition) is 3. The van der Waals surface area contributed by atoms with E-state index in [4.69, 9.17) is 0 Å². The van der Waals surface area contributed by atoms with E-state index < -0.39 is 0 Å². The molecular weight excluding hydrogens is 352 g/mol. The Hall–Kier alpha value is -2.37. The molecule has 1 atom stereocenters. The number of carbonyl (C=O) groups is 2. The van der Waals surface area contributed by atoms with Gasteiger partial charge in [0.05, 0.1) is 5.69 Å². The summed E-state index contributed by atoms with van der Waals surface area (Å²) in [6, 6.07) is 6.14. The Kier molecular flexibility index (Phi) is 7.06. The first kappa shape index (κ1) is 20.4. The average Bonchev–Trinajstić information content (AvgIpc) is 3.05. The summed E-state index contributed by atoms with van der Waals surface area (Å²) in [5, 5.41) is 2.99. The van der Waals surface area contributed by atoms with Gasteiger partial charge < -0.3 is 10.2 Å². The SMILES string of the molecule is CCC1CCCCN1C(=O)CCCCCNC(=O)c1c(C)nc2ccccn12. The number of aromatic nitrogens is 2. The maximum Gasteiger partial charge on any atom is 0.270 e. The van der Waals surface area contributed by atoms with Crippen molar-refractivity contribution in [2.45, 2.75) is 71.3 Å². The predicted molar refractivity (Wildman–Crippen MR) is 110 cm³/mol. The molecule has 1 saturated heterocycles. The number of fused-ring (bicyclic) bond motifs is 1. The summed E-state index contributed by atoms with van der Waals surface area (Å²) in [5.74, 6) is 0.211. The summed E-state index contributed by atoms with van der Waals surface area (Å²) in [4.78, 5) is 31.5. The highest BCUT2D eigenvalue weighted by molar-refractivity contribution is 5.94. The van der Waals surface area contributed by atoms with Gasteiger partial charge in [0.1, 0.15) is 11.3 Å². The average molecular weight is 385 g/mol. The number of amides is 2. The molecule has 1 aliphatic heterocycles. The van der Waals surface area contributed by atoms with E-state index in [-0.39, 0.29) is 5.91 Å². The second kappa shape index (κ2) is 9.71. The van der Waals surface area contributed by atoms with Gasteiger partial charge in [0.2, 0.25) is 5.91 Å². The van der Waals surface area contributed by atoms with Gasteiger partial charge in [0.15, 0.2) is 0 Å². The smallest absolute Gasteiger partial charge is 0.270 e. The molecule has 1 aliphatic rings. The minimum Gasteiger partial charge on any atom is -0.351 e. The van der Waals surface area contributed by atoms with Crippen molar-refractivity contribution in [2.24, 2.45) is 0 Å². The normalized spacial score (nSPS) is 17.1. The minimum atomic E-state index is -0.0913.